The lowest BCUT2D eigenvalue weighted by atomic mass is 10.4. The minimum Gasteiger partial charge on any atom is -0.477 e. The summed E-state index contributed by atoms with van der Waals surface area (Å²) in [7, 11) is 0. The first-order valence-corrected chi connectivity index (χ1v) is 5.91. The number of aryl methyl sites for hydroxylation is 1. The standard InChI is InChI=1S/C10H12N4O2S/c1-6-8(9(15)16)17-10(14-6)13-3-2-7-11-4-5-12-7/h4-5H,2-3H2,1H3,(H,11,12)(H,13,14)(H,15,16). The van der Waals surface area contributed by atoms with Crippen molar-refractivity contribution in [2.75, 3.05) is 11.9 Å². The number of carboxylic acid groups (broad SMARTS) is 1. The largest absolute Gasteiger partial charge is 0.477 e. The van der Waals surface area contributed by atoms with Gasteiger partial charge in [0.2, 0.25) is 0 Å². The van der Waals surface area contributed by atoms with Crippen molar-refractivity contribution < 1.29 is 9.90 Å². The second-order valence-electron chi connectivity index (χ2n) is 3.45. The third kappa shape index (κ3) is 2.82. The summed E-state index contributed by atoms with van der Waals surface area (Å²) in [6.45, 7) is 2.36. The number of H-pyrrole nitrogens is 1. The highest BCUT2D eigenvalue weighted by atomic mass is 32.1. The molecule has 17 heavy (non-hydrogen) atoms. The number of aromatic amines is 1. The van der Waals surface area contributed by atoms with Gasteiger partial charge in [-0.2, -0.15) is 0 Å². The van der Waals surface area contributed by atoms with Gasteiger partial charge in [0, 0.05) is 25.4 Å². The Labute approximate surface area is 102 Å². The van der Waals surface area contributed by atoms with E-state index in [1.807, 2.05) is 0 Å². The van der Waals surface area contributed by atoms with E-state index in [-0.39, 0.29) is 4.88 Å². The molecule has 2 aromatic heterocycles. The summed E-state index contributed by atoms with van der Waals surface area (Å²) in [5.74, 6) is -0.0386. The number of anilines is 1. The van der Waals surface area contributed by atoms with Gasteiger partial charge in [0.25, 0.3) is 0 Å². The first-order chi connectivity index (χ1) is 8.16. The van der Waals surface area contributed by atoms with E-state index in [9.17, 15) is 4.79 Å². The number of nitrogens with zero attached hydrogens (tertiary/aromatic N) is 2. The molecule has 0 radical (unpaired) electrons. The Morgan fingerprint density at radius 2 is 2.47 bits per heavy atom. The van der Waals surface area contributed by atoms with Gasteiger partial charge in [-0.25, -0.2) is 14.8 Å². The van der Waals surface area contributed by atoms with Crippen LogP contribution in [0.1, 0.15) is 21.2 Å². The van der Waals surface area contributed by atoms with E-state index in [1.54, 1.807) is 19.3 Å². The average molecular weight is 252 g/mol. The normalized spacial score (nSPS) is 10.4. The van der Waals surface area contributed by atoms with Gasteiger partial charge in [0.15, 0.2) is 5.13 Å². The van der Waals surface area contributed by atoms with Crippen LogP contribution in [0, 0.1) is 6.92 Å². The third-order valence-electron chi connectivity index (χ3n) is 2.18. The zero-order valence-corrected chi connectivity index (χ0v) is 10.0. The molecular weight excluding hydrogens is 240 g/mol. The molecule has 0 spiro atoms. The molecule has 0 aliphatic carbocycles. The Balaban J connectivity index is 1.91. The minimum absolute atomic E-state index is 0.283. The zero-order chi connectivity index (χ0) is 12.3. The van der Waals surface area contributed by atoms with Crippen molar-refractivity contribution in [2.45, 2.75) is 13.3 Å². The molecule has 0 amide bonds. The molecule has 0 bridgehead atoms. The average Bonchev–Trinajstić information content (AvgIpc) is 2.88. The number of carboxylic acids is 1. The fraction of sp³-hybridized carbons (Fsp3) is 0.300. The number of hydrogen-bond donors (Lipinski definition) is 3. The van der Waals surface area contributed by atoms with Crippen LogP contribution in [-0.2, 0) is 6.42 Å². The van der Waals surface area contributed by atoms with Crippen LogP contribution >= 0.6 is 11.3 Å². The molecule has 2 aromatic rings. The van der Waals surface area contributed by atoms with E-state index in [1.165, 1.54) is 0 Å². The quantitative estimate of drug-likeness (QED) is 0.750. The molecule has 3 N–H and O–H groups in total. The molecular formula is C10H12N4O2S. The Kier molecular flexibility index (Phi) is 3.38. The van der Waals surface area contributed by atoms with Crippen molar-refractivity contribution in [1.82, 2.24) is 15.0 Å². The summed E-state index contributed by atoms with van der Waals surface area (Å²) in [5, 5.41) is 12.6. The fourth-order valence-electron chi connectivity index (χ4n) is 1.39. The van der Waals surface area contributed by atoms with Crippen LogP contribution in [0.4, 0.5) is 5.13 Å². The predicted octanol–water partition coefficient (Wildman–Crippen LogP) is 1.53. The molecule has 2 heterocycles. The van der Waals surface area contributed by atoms with Crippen LogP contribution in [0.3, 0.4) is 0 Å². The molecule has 2 rings (SSSR count). The molecule has 0 atom stereocenters. The molecule has 0 aliphatic rings. The summed E-state index contributed by atoms with van der Waals surface area (Å²) < 4.78 is 0. The van der Waals surface area contributed by atoms with Gasteiger partial charge < -0.3 is 15.4 Å². The third-order valence-corrected chi connectivity index (χ3v) is 3.29. The summed E-state index contributed by atoms with van der Waals surface area (Å²) in [6, 6.07) is 0. The zero-order valence-electron chi connectivity index (χ0n) is 9.23. The molecule has 0 saturated heterocycles. The second kappa shape index (κ2) is 4.96. The van der Waals surface area contributed by atoms with Crippen LogP contribution in [0.5, 0.6) is 0 Å². The molecule has 7 heteroatoms. The van der Waals surface area contributed by atoms with Crippen LogP contribution in [0.15, 0.2) is 12.4 Å². The topological polar surface area (TPSA) is 90.9 Å². The highest BCUT2D eigenvalue weighted by Crippen LogP contribution is 2.22. The molecule has 0 aromatic carbocycles. The van der Waals surface area contributed by atoms with Crippen molar-refractivity contribution in [1.29, 1.82) is 0 Å². The number of rotatable bonds is 5. The molecule has 0 fully saturated rings. The van der Waals surface area contributed by atoms with Gasteiger partial charge in [0.1, 0.15) is 10.7 Å². The van der Waals surface area contributed by atoms with Gasteiger partial charge in [-0.05, 0) is 6.92 Å². The molecule has 0 aliphatic heterocycles. The summed E-state index contributed by atoms with van der Waals surface area (Å²) in [5.41, 5.74) is 0.544. The van der Waals surface area contributed by atoms with Crippen molar-refractivity contribution in [3.05, 3.63) is 28.8 Å². The number of aromatic nitrogens is 3. The van der Waals surface area contributed by atoms with E-state index in [0.717, 1.165) is 23.6 Å². The number of thiazole rings is 1. The van der Waals surface area contributed by atoms with Crippen molar-refractivity contribution >= 4 is 22.4 Å². The lowest BCUT2D eigenvalue weighted by Crippen LogP contribution is -2.05. The number of nitrogens with one attached hydrogen (secondary N) is 2. The lowest BCUT2D eigenvalue weighted by Gasteiger charge is -1.99. The van der Waals surface area contributed by atoms with Crippen molar-refractivity contribution in [3.63, 3.8) is 0 Å². The van der Waals surface area contributed by atoms with Gasteiger partial charge in [-0.3, -0.25) is 0 Å². The monoisotopic (exact) mass is 252 g/mol. The fourth-order valence-corrected chi connectivity index (χ4v) is 2.22. The summed E-state index contributed by atoms with van der Waals surface area (Å²) in [6.07, 6.45) is 4.21. The molecule has 0 saturated carbocycles. The van der Waals surface area contributed by atoms with Gasteiger partial charge in [-0.1, -0.05) is 11.3 Å². The Hall–Kier alpha value is -1.89. The first kappa shape index (κ1) is 11.6. The van der Waals surface area contributed by atoms with Gasteiger partial charge in [-0.15, -0.1) is 0 Å². The highest BCUT2D eigenvalue weighted by Gasteiger charge is 2.13. The smallest absolute Gasteiger partial charge is 0.347 e. The Bertz CT molecular complexity index is 506. The van der Waals surface area contributed by atoms with Crippen LogP contribution in [0.25, 0.3) is 0 Å². The Morgan fingerprint density at radius 3 is 3.06 bits per heavy atom. The van der Waals surface area contributed by atoms with Gasteiger partial charge >= 0.3 is 5.97 Å². The Morgan fingerprint density at radius 1 is 1.65 bits per heavy atom. The van der Waals surface area contributed by atoms with Crippen molar-refractivity contribution in [2.24, 2.45) is 0 Å². The SMILES string of the molecule is Cc1nc(NCCc2ncc[nH]2)sc1C(=O)O. The van der Waals surface area contributed by atoms with E-state index in [4.69, 9.17) is 5.11 Å². The van der Waals surface area contributed by atoms with Crippen LogP contribution in [-0.4, -0.2) is 32.6 Å². The van der Waals surface area contributed by atoms with E-state index >= 15 is 0 Å². The minimum atomic E-state index is -0.931. The predicted molar refractivity (Wildman–Crippen MR) is 64.6 cm³/mol. The maximum Gasteiger partial charge on any atom is 0.347 e. The molecule has 0 unspecified atom stereocenters. The lowest BCUT2D eigenvalue weighted by molar-refractivity contribution is 0.0701. The summed E-state index contributed by atoms with van der Waals surface area (Å²) >= 11 is 1.15. The number of hydrogen-bond acceptors (Lipinski definition) is 5. The number of carbonyl (C=O) groups is 1. The maximum absolute atomic E-state index is 10.8. The van der Waals surface area contributed by atoms with E-state index in [0.29, 0.717) is 17.4 Å². The highest BCUT2D eigenvalue weighted by molar-refractivity contribution is 7.17. The summed E-state index contributed by atoms with van der Waals surface area (Å²) in [4.78, 5) is 22.3. The molecule has 90 valence electrons. The number of imidazole rings is 1. The first-order valence-electron chi connectivity index (χ1n) is 5.09. The second-order valence-corrected chi connectivity index (χ2v) is 4.45. The van der Waals surface area contributed by atoms with Crippen LogP contribution in [0.2, 0.25) is 0 Å². The number of aromatic carboxylic acids is 1. The van der Waals surface area contributed by atoms with E-state index in [2.05, 4.69) is 20.3 Å². The molecule has 6 nitrogen and oxygen atoms in total. The van der Waals surface area contributed by atoms with E-state index < -0.39 is 5.97 Å². The van der Waals surface area contributed by atoms with Gasteiger partial charge in [0.05, 0.1) is 5.69 Å². The van der Waals surface area contributed by atoms with Crippen LogP contribution < -0.4 is 5.32 Å². The maximum atomic E-state index is 10.8. The van der Waals surface area contributed by atoms with Crippen molar-refractivity contribution in [3.8, 4) is 0 Å².